The highest BCUT2D eigenvalue weighted by atomic mass is 15.2. The van der Waals surface area contributed by atoms with Crippen molar-refractivity contribution in [3.8, 4) is 0 Å². The molecule has 0 aromatic carbocycles. The van der Waals surface area contributed by atoms with Crippen LogP contribution in [0.15, 0.2) is 0 Å². The summed E-state index contributed by atoms with van der Waals surface area (Å²) in [7, 11) is 0. The maximum absolute atomic E-state index is 3.71. The highest BCUT2D eigenvalue weighted by molar-refractivity contribution is 4.94. The molecule has 0 spiro atoms. The number of hydrogen-bond acceptors (Lipinski definition) is 2. The van der Waals surface area contributed by atoms with Crippen molar-refractivity contribution >= 4 is 0 Å². The summed E-state index contributed by atoms with van der Waals surface area (Å²) in [5.41, 5.74) is 0.580. The van der Waals surface area contributed by atoms with Gasteiger partial charge in [-0.3, -0.25) is 4.90 Å². The molecule has 2 heteroatoms. The fraction of sp³-hybridized carbons (Fsp3) is 1.00. The predicted octanol–water partition coefficient (Wildman–Crippen LogP) is 4.20. The molecule has 3 aliphatic rings. The van der Waals surface area contributed by atoms with Crippen molar-refractivity contribution in [2.75, 3.05) is 26.2 Å². The molecule has 2 saturated carbocycles. The van der Waals surface area contributed by atoms with E-state index < -0.39 is 0 Å². The Morgan fingerprint density at radius 1 is 0.952 bits per heavy atom. The molecule has 1 aliphatic heterocycles. The third kappa shape index (κ3) is 3.82. The van der Waals surface area contributed by atoms with Crippen LogP contribution in [0.2, 0.25) is 0 Å². The number of rotatable bonds is 5. The molecule has 2 unspecified atom stereocenters. The van der Waals surface area contributed by atoms with Gasteiger partial charge in [0.05, 0.1) is 0 Å². The summed E-state index contributed by atoms with van der Waals surface area (Å²) in [4.78, 5) is 2.93. The predicted molar refractivity (Wildman–Crippen MR) is 90.6 cm³/mol. The van der Waals surface area contributed by atoms with E-state index in [4.69, 9.17) is 0 Å². The fourth-order valence-corrected chi connectivity index (χ4v) is 5.44. The van der Waals surface area contributed by atoms with Crippen molar-refractivity contribution in [3.63, 3.8) is 0 Å². The van der Waals surface area contributed by atoms with Crippen molar-refractivity contribution in [1.29, 1.82) is 0 Å². The van der Waals surface area contributed by atoms with Gasteiger partial charge in [-0.1, -0.05) is 39.0 Å². The van der Waals surface area contributed by atoms with Crippen LogP contribution < -0.4 is 5.32 Å². The molecule has 3 rings (SSSR count). The van der Waals surface area contributed by atoms with Crippen LogP contribution in [0.3, 0.4) is 0 Å². The quantitative estimate of drug-likeness (QED) is 0.764. The van der Waals surface area contributed by atoms with Gasteiger partial charge in [-0.2, -0.15) is 0 Å². The van der Waals surface area contributed by atoms with Gasteiger partial charge in [0.2, 0.25) is 0 Å². The van der Waals surface area contributed by atoms with Gasteiger partial charge in [-0.15, -0.1) is 0 Å². The number of nitrogens with zero attached hydrogens (tertiary/aromatic N) is 1. The van der Waals surface area contributed by atoms with Gasteiger partial charge in [0.25, 0.3) is 0 Å². The summed E-state index contributed by atoms with van der Waals surface area (Å²) in [5.74, 6) is 1.04. The highest BCUT2D eigenvalue weighted by Crippen LogP contribution is 2.41. The number of nitrogens with one attached hydrogen (secondary N) is 1. The van der Waals surface area contributed by atoms with Crippen LogP contribution in [0.5, 0.6) is 0 Å². The molecule has 0 amide bonds. The van der Waals surface area contributed by atoms with Crippen molar-refractivity contribution in [3.05, 3.63) is 0 Å². The zero-order valence-electron chi connectivity index (χ0n) is 14.2. The highest BCUT2D eigenvalue weighted by Gasteiger charge is 2.39. The lowest BCUT2D eigenvalue weighted by Gasteiger charge is -2.44. The van der Waals surface area contributed by atoms with Crippen molar-refractivity contribution in [2.45, 2.75) is 83.6 Å². The lowest BCUT2D eigenvalue weighted by molar-refractivity contribution is 0.0502. The molecule has 0 radical (unpaired) electrons. The van der Waals surface area contributed by atoms with Gasteiger partial charge >= 0.3 is 0 Å². The van der Waals surface area contributed by atoms with Gasteiger partial charge in [-0.25, -0.2) is 0 Å². The zero-order valence-corrected chi connectivity index (χ0v) is 14.2. The van der Waals surface area contributed by atoms with E-state index in [1.807, 2.05) is 0 Å². The second-order valence-corrected chi connectivity index (χ2v) is 8.07. The van der Waals surface area contributed by atoms with Crippen molar-refractivity contribution < 1.29 is 0 Å². The van der Waals surface area contributed by atoms with Crippen LogP contribution in [0.4, 0.5) is 0 Å². The van der Waals surface area contributed by atoms with Crippen LogP contribution in [0.25, 0.3) is 0 Å². The Morgan fingerprint density at radius 3 is 2.48 bits per heavy atom. The molecule has 0 aromatic rings. The van der Waals surface area contributed by atoms with Crippen LogP contribution >= 0.6 is 0 Å². The number of likely N-dealkylation sites (tertiary alicyclic amines) is 1. The van der Waals surface area contributed by atoms with E-state index in [2.05, 4.69) is 17.1 Å². The van der Waals surface area contributed by atoms with E-state index in [0.717, 1.165) is 18.5 Å². The topological polar surface area (TPSA) is 15.3 Å². The Balaban J connectivity index is 1.67. The first-order valence-electron chi connectivity index (χ1n) is 9.78. The minimum absolute atomic E-state index is 0.580. The molecule has 3 fully saturated rings. The van der Waals surface area contributed by atoms with E-state index in [-0.39, 0.29) is 0 Å². The average molecular weight is 293 g/mol. The molecule has 1 N–H and O–H groups in total. The molecule has 21 heavy (non-hydrogen) atoms. The summed E-state index contributed by atoms with van der Waals surface area (Å²) >= 11 is 0. The van der Waals surface area contributed by atoms with E-state index in [9.17, 15) is 0 Å². The van der Waals surface area contributed by atoms with Crippen LogP contribution in [0, 0.1) is 11.3 Å². The summed E-state index contributed by atoms with van der Waals surface area (Å²) < 4.78 is 0. The Morgan fingerprint density at radius 2 is 1.71 bits per heavy atom. The first-order valence-corrected chi connectivity index (χ1v) is 9.78. The number of fused-ring (bicyclic) bond motifs is 1. The minimum Gasteiger partial charge on any atom is -0.316 e. The maximum atomic E-state index is 3.71. The monoisotopic (exact) mass is 292 g/mol. The zero-order chi connectivity index (χ0) is 14.5. The van der Waals surface area contributed by atoms with Crippen LogP contribution in [-0.2, 0) is 0 Å². The normalized spacial score (nSPS) is 33.6. The second-order valence-electron chi connectivity index (χ2n) is 8.07. The molecule has 1 saturated heterocycles. The van der Waals surface area contributed by atoms with Gasteiger partial charge in [0, 0.05) is 19.1 Å². The standard InChI is InChI=1S/C19H36N2/c1-2-20-15-19(12-5-3-4-6-13-19)16-21-14-8-10-17-9-7-11-18(17)21/h17-18,20H,2-16H2,1H3. The smallest absolute Gasteiger partial charge is 0.0124 e. The second kappa shape index (κ2) is 7.46. The molecule has 0 aromatic heterocycles. The van der Waals surface area contributed by atoms with E-state index >= 15 is 0 Å². The Bertz CT molecular complexity index is 307. The number of hydrogen-bond donors (Lipinski definition) is 1. The molecule has 2 atom stereocenters. The fourth-order valence-electron chi connectivity index (χ4n) is 5.44. The maximum Gasteiger partial charge on any atom is 0.0124 e. The van der Waals surface area contributed by atoms with E-state index in [1.54, 1.807) is 0 Å². The molecule has 2 nitrogen and oxygen atoms in total. The third-order valence-electron chi connectivity index (χ3n) is 6.56. The molecule has 2 aliphatic carbocycles. The first kappa shape index (κ1) is 15.8. The first-order chi connectivity index (χ1) is 10.3. The minimum atomic E-state index is 0.580. The number of piperidine rings is 1. The molecule has 0 bridgehead atoms. The van der Waals surface area contributed by atoms with Gasteiger partial charge in [0.1, 0.15) is 0 Å². The van der Waals surface area contributed by atoms with E-state index in [0.29, 0.717) is 5.41 Å². The third-order valence-corrected chi connectivity index (χ3v) is 6.56. The van der Waals surface area contributed by atoms with Gasteiger partial charge in [0.15, 0.2) is 0 Å². The van der Waals surface area contributed by atoms with Crippen molar-refractivity contribution in [2.24, 2.45) is 11.3 Å². The summed E-state index contributed by atoms with van der Waals surface area (Å²) in [6, 6.07) is 0.945. The van der Waals surface area contributed by atoms with Crippen LogP contribution in [-0.4, -0.2) is 37.1 Å². The molecular formula is C19H36N2. The Hall–Kier alpha value is -0.0800. The Kier molecular flexibility index (Phi) is 5.61. The summed E-state index contributed by atoms with van der Waals surface area (Å²) in [5, 5.41) is 3.71. The summed E-state index contributed by atoms with van der Waals surface area (Å²) in [6.45, 7) is 7.43. The van der Waals surface area contributed by atoms with E-state index in [1.165, 1.54) is 90.3 Å². The largest absolute Gasteiger partial charge is 0.316 e. The average Bonchev–Trinajstić information content (AvgIpc) is 2.87. The molecule has 122 valence electrons. The Labute approximate surface area is 132 Å². The van der Waals surface area contributed by atoms with Gasteiger partial charge < -0.3 is 5.32 Å². The van der Waals surface area contributed by atoms with Crippen LogP contribution in [0.1, 0.15) is 77.6 Å². The van der Waals surface area contributed by atoms with Gasteiger partial charge in [-0.05, 0) is 62.9 Å². The molecule has 1 heterocycles. The lowest BCUT2D eigenvalue weighted by atomic mass is 9.78. The molecular weight excluding hydrogens is 256 g/mol. The SMILES string of the molecule is CCNCC1(CN2CCCC3CCCC32)CCCCCC1. The summed E-state index contributed by atoms with van der Waals surface area (Å²) in [6.07, 6.45) is 16.3. The lowest BCUT2D eigenvalue weighted by Crippen LogP contribution is -2.50. The van der Waals surface area contributed by atoms with Crippen molar-refractivity contribution in [1.82, 2.24) is 10.2 Å².